The van der Waals surface area contributed by atoms with E-state index in [2.05, 4.69) is 10.0 Å². The van der Waals surface area contributed by atoms with Crippen molar-refractivity contribution in [1.82, 2.24) is 4.72 Å². The van der Waals surface area contributed by atoms with Gasteiger partial charge < -0.3 is 15.8 Å². The van der Waals surface area contributed by atoms with Gasteiger partial charge in [-0.05, 0) is 62.1 Å². The second-order valence-electron chi connectivity index (χ2n) is 7.69. The van der Waals surface area contributed by atoms with Gasteiger partial charge in [-0.15, -0.1) is 12.4 Å². The molecule has 0 spiro atoms. The summed E-state index contributed by atoms with van der Waals surface area (Å²) in [4.78, 5) is 12.8. The molecule has 0 heterocycles. The maximum Gasteiger partial charge on any atom is 0.244 e. The van der Waals surface area contributed by atoms with Crippen LogP contribution >= 0.6 is 12.4 Å². The highest BCUT2D eigenvalue weighted by atomic mass is 35.5. The Hall–Kier alpha value is -1.35. The van der Waals surface area contributed by atoms with Gasteiger partial charge in [-0.3, -0.25) is 4.79 Å². The maximum atomic E-state index is 12.7. The average Bonchev–Trinajstić information content (AvgIpc) is 3.17. The predicted octanol–water partition coefficient (Wildman–Crippen LogP) is 1.87. The van der Waals surface area contributed by atoms with E-state index in [0.29, 0.717) is 17.5 Å². The van der Waals surface area contributed by atoms with Gasteiger partial charge >= 0.3 is 0 Å². The number of halogens is 1. The van der Waals surface area contributed by atoms with Gasteiger partial charge in [0.2, 0.25) is 15.9 Å². The Bertz CT molecular complexity index is 826. The molecule has 3 aliphatic rings. The van der Waals surface area contributed by atoms with E-state index in [1.54, 1.807) is 12.1 Å². The van der Waals surface area contributed by atoms with Gasteiger partial charge in [0.25, 0.3) is 0 Å². The number of hydrogen-bond donors (Lipinski definition) is 3. The summed E-state index contributed by atoms with van der Waals surface area (Å²) < 4.78 is 33.0. The van der Waals surface area contributed by atoms with Crippen LogP contribution in [0.2, 0.25) is 0 Å². The van der Waals surface area contributed by atoms with Gasteiger partial charge in [0, 0.05) is 17.8 Å². The van der Waals surface area contributed by atoms with Crippen LogP contribution in [0.25, 0.3) is 0 Å². The minimum Gasteiger partial charge on any atom is -0.495 e. The summed E-state index contributed by atoms with van der Waals surface area (Å²) in [6.45, 7) is 0. The summed E-state index contributed by atoms with van der Waals surface area (Å²) in [5.41, 5.74) is 6.68. The molecule has 1 aromatic rings. The van der Waals surface area contributed by atoms with Crippen molar-refractivity contribution in [1.29, 1.82) is 0 Å². The minimum atomic E-state index is -3.69. The first-order valence-electron chi connectivity index (χ1n) is 9.16. The lowest BCUT2D eigenvalue weighted by molar-refractivity contribution is -0.121. The number of sulfonamides is 1. The standard InChI is InChI=1S/C18H25N3O4S.ClH/c1-25-14-7-6-13(9-15(14)26(23,24)21-12-4-5-12)20-18(22)16-10-2-3-11(8-10)17(16)19;/h6-7,9-12,16-17,21H,2-5,8,19H2,1H3,(H,20,22);1H. The van der Waals surface area contributed by atoms with Gasteiger partial charge in [-0.1, -0.05) is 0 Å². The van der Waals surface area contributed by atoms with Gasteiger partial charge in [0.15, 0.2) is 0 Å². The van der Waals surface area contributed by atoms with E-state index in [1.165, 1.54) is 13.2 Å². The fraction of sp³-hybridized carbons (Fsp3) is 0.611. The van der Waals surface area contributed by atoms with Crippen LogP contribution in [0.5, 0.6) is 5.75 Å². The van der Waals surface area contributed by atoms with E-state index in [9.17, 15) is 13.2 Å². The summed E-state index contributed by atoms with van der Waals surface area (Å²) in [6, 6.07) is 4.57. The molecule has 0 radical (unpaired) electrons. The Morgan fingerprint density at radius 1 is 1.19 bits per heavy atom. The molecule has 150 valence electrons. The van der Waals surface area contributed by atoms with Crippen LogP contribution in [-0.2, 0) is 14.8 Å². The second-order valence-corrected chi connectivity index (χ2v) is 9.37. The number of methoxy groups -OCH3 is 1. The van der Waals surface area contributed by atoms with Gasteiger partial charge in [0.05, 0.1) is 13.0 Å². The van der Waals surface area contributed by atoms with Crippen LogP contribution < -0.4 is 20.5 Å². The molecule has 0 saturated heterocycles. The molecule has 9 heteroatoms. The molecule has 1 aromatic carbocycles. The maximum absolute atomic E-state index is 12.7. The number of benzene rings is 1. The van der Waals surface area contributed by atoms with E-state index < -0.39 is 10.0 Å². The van der Waals surface area contributed by atoms with Crippen molar-refractivity contribution >= 4 is 34.0 Å². The molecule has 27 heavy (non-hydrogen) atoms. The second kappa shape index (κ2) is 7.58. The number of fused-ring (bicyclic) bond motifs is 2. The van der Waals surface area contributed by atoms with E-state index in [4.69, 9.17) is 10.5 Å². The molecule has 4 N–H and O–H groups in total. The third-order valence-electron chi connectivity index (χ3n) is 5.90. The first kappa shape index (κ1) is 20.4. The first-order valence-corrected chi connectivity index (χ1v) is 10.6. The third-order valence-corrected chi connectivity index (χ3v) is 7.44. The SMILES string of the molecule is COc1ccc(NC(=O)C2C3CCC(C3)C2N)cc1S(=O)(=O)NC1CC1.Cl. The van der Waals surface area contributed by atoms with Crippen LogP contribution in [0.3, 0.4) is 0 Å². The van der Waals surface area contributed by atoms with Crippen molar-refractivity contribution in [2.75, 3.05) is 12.4 Å². The van der Waals surface area contributed by atoms with Crippen LogP contribution in [0.1, 0.15) is 32.1 Å². The molecule has 3 saturated carbocycles. The summed E-state index contributed by atoms with van der Waals surface area (Å²) in [5, 5.41) is 2.87. The minimum absolute atomic E-state index is 0. The smallest absolute Gasteiger partial charge is 0.244 e. The Kier molecular flexibility index (Phi) is 5.72. The number of amides is 1. The Morgan fingerprint density at radius 2 is 1.89 bits per heavy atom. The lowest BCUT2D eigenvalue weighted by atomic mass is 9.84. The normalized spacial score (nSPS) is 29.3. The van der Waals surface area contributed by atoms with E-state index in [1.807, 2.05) is 0 Å². The zero-order chi connectivity index (χ0) is 18.5. The van der Waals surface area contributed by atoms with Crippen LogP contribution in [0, 0.1) is 17.8 Å². The number of carbonyl (C=O) groups excluding carboxylic acids is 1. The molecule has 0 aromatic heterocycles. The zero-order valence-electron chi connectivity index (χ0n) is 15.2. The Labute approximate surface area is 165 Å². The van der Waals surface area contributed by atoms with Crippen molar-refractivity contribution in [3.05, 3.63) is 18.2 Å². The highest BCUT2D eigenvalue weighted by molar-refractivity contribution is 7.89. The summed E-state index contributed by atoms with van der Waals surface area (Å²) in [6.07, 6.45) is 4.87. The summed E-state index contributed by atoms with van der Waals surface area (Å²) >= 11 is 0. The zero-order valence-corrected chi connectivity index (χ0v) is 16.8. The quantitative estimate of drug-likeness (QED) is 0.656. The summed E-state index contributed by atoms with van der Waals surface area (Å²) in [5.74, 6) is 0.722. The number of rotatable bonds is 6. The molecule has 4 rings (SSSR count). The fourth-order valence-electron chi connectivity index (χ4n) is 4.40. The number of ether oxygens (including phenoxy) is 1. The number of nitrogens with two attached hydrogens (primary N) is 1. The van der Waals surface area contributed by atoms with Crippen LogP contribution in [0.15, 0.2) is 23.1 Å². The van der Waals surface area contributed by atoms with E-state index >= 15 is 0 Å². The van der Waals surface area contributed by atoms with Crippen LogP contribution in [0.4, 0.5) is 5.69 Å². The lowest BCUT2D eigenvalue weighted by Gasteiger charge is -2.27. The molecule has 7 nitrogen and oxygen atoms in total. The molecule has 3 fully saturated rings. The van der Waals surface area contributed by atoms with Crippen molar-refractivity contribution in [2.45, 2.75) is 49.1 Å². The van der Waals surface area contributed by atoms with Crippen LogP contribution in [-0.4, -0.2) is 33.5 Å². The molecule has 1 amide bonds. The number of carbonyl (C=O) groups is 1. The van der Waals surface area contributed by atoms with Gasteiger partial charge in [0.1, 0.15) is 10.6 Å². The predicted molar refractivity (Wildman–Crippen MR) is 105 cm³/mol. The largest absolute Gasteiger partial charge is 0.495 e. The number of anilines is 1. The average molecular weight is 416 g/mol. The molecular formula is C18H26ClN3O4S. The molecule has 3 aliphatic carbocycles. The number of hydrogen-bond acceptors (Lipinski definition) is 5. The highest BCUT2D eigenvalue weighted by Gasteiger charge is 2.49. The fourth-order valence-corrected chi connectivity index (χ4v) is 5.90. The monoisotopic (exact) mass is 415 g/mol. The topological polar surface area (TPSA) is 111 Å². The van der Waals surface area contributed by atoms with E-state index in [-0.39, 0.29) is 47.0 Å². The molecular weight excluding hydrogens is 390 g/mol. The first-order chi connectivity index (χ1) is 12.4. The Balaban J connectivity index is 0.00000210. The van der Waals surface area contributed by atoms with E-state index in [0.717, 1.165) is 32.1 Å². The number of nitrogens with one attached hydrogen (secondary N) is 2. The third kappa shape index (κ3) is 3.94. The highest BCUT2D eigenvalue weighted by Crippen LogP contribution is 2.48. The van der Waals surface area contributed by atoms with Crippen molar-refractivity contribution in [2.24, 2.45) is 23.5 Å². The van der Waals surface area contributed by atoms with Gasteiger partial charge in [-0.25, -0.2) is 13.1 Å². The van der Waals surface area contributed by atoms with Crippen molar-refractivity contribution < 1.29 is 17.9 Å². The molecule has 0 aliphatic heterocycles. The summed E-state index contributed by atoms with van der Waals surface area (Å²) in [7, 11) is -2.26. The molecule has 4 unspecified atom stereocenters. The molecule has 2 bridgehead atoms. The lowest BCUT2D eigenvalue weighted by Crippen LogP contribution is -2.42. The van der Waals surface area contributed by atoms with Crippen molar-refractivity contribution in [3.63, 3.8) is 0 Å². The van der Waals surface area contributed by atoms with Crippen molar-refractivity contribution in [3.8, 4) is 5.75 Å². The Morgan fingerprint density at radius 3 is 2.48 bits per heavy atom. The van der Waals surface area contributed by atoms with Gasteiger partial charge in [-0.2, -0.15) is 0 Å². The molecule has 4 atom stereocenters.